The van der Waals surface area contributed by atoms with E-state index in [9.17, 15) is 49.7 Å². The lowest BCUT2D eigenvalue weighted by Crippen LogP contribution is -2.64. The average Bonchev–Trinajstić information content (AvgIpc) is 3.22. The molecule has 15 heteroatoms. The summed E-state index contributed by atoms with van der Waals surface area (Å²) >= 11 is 0. The second-order valence-corrected chi connectivity index (χ2v) is 16.8. The van der Waals surface area contributed by atoms with Crippen LogP contribution in [0.4, 0.5) is 0 Å². The highest BCUT2D eigenvalue weighted by molar-refractivity contribution is 7.47. The number of hydrogen-bond donors (Lipinski definition) is 7. The van der Waals surface area contributed by atoms with Crippen molar-refractivity contribution in [2.75, 3.05) is 13.2 Å². The number of rotatable bonds is 35. The Bertz CT molecular complexity index is 1300. The molecule has 4 unspecified atom stereocenters. The fourth-order valence-corrected chi connectivity index (χ4v) is 7.30. The first-order valence-corrected chi connectivity index (χ1v) is 23.7. The lowest BCUT2D eigenvalue weighted by Gasteiger charge is -2.41. The van der Waals surface area contributed by atoms with Crippen molar-refractivity contribution < 1.29 is 68.2 Å². The van der Waals surface area contributed by atoms with Crippen LogP contribution in [0, 0.1) is 0 Å². The molecular weight excluding hydrogens is 795 g/mol. The molecule has 0 aliphatic heterocycles. The van der Waals surface area contributed by atoms with Crippen LogP contribution in [-0.4, -0.2) is 110 Å². The predicted octanol–water partition coefficient (Wildman–Crippen LogP) is 7.14. The Labute approximate surface area is 358 Å². The summed E-state index contributed by atoms with van der Waals surface area (Å²) in [7, 11) is -5.15. The van der Waals surface area contributed by atoms with Crippen LogP contribution in [-0.2, 0) is 32.7 Å². The van der Waals surface area contributed by atoms with Gasteiger partial charge in [-0.05, 0) is 64.2 Å². The van der Waals surface area contributed by atoms with E-state index >= 15 is 0 Å². The van der Waals surface area contributed by atoms with E-state index in [0.29, 0.717) is 19.3 Å². The Morgan fingerprint density at radius 2 is 1.15 bits per heavy atom. The first-order chi connectivity index (χ1) is 28.8. The lowest BCUT2D eigenvalue weighted by molar-refractivity contribution is -0.220. The normalized spacial score (nSPS) is 23.3. The van der Waals surface area contributed by atoms with Gasteiger partial charge in [0.05, 0.1) is 12.7 Å². The number of carbonyl (C=O) groups excluding carboxylic acids is 2. The van der Waals surface area contributed by atoms with Crippen LogP contribution < -0.4 is 0 Å². The summed E-state index contributed by atoms with van der Waals surface area (Å²) in [4.78, 5) is 35.7. The van der Waals surface area contributed by atoms with E-state index in [1.165, 1.54) is 19.3 Å². The fourth-order valence-electron chi connectivity index (χ4n) is 6.32. The monoisotopic (exact) mass is 873 g/mol. The van der Waals surface area contributed by atoms with Crippen molar-refractivity contribution in [1.82, 2.24) is 0 Å². The molecule has 1 fully saturated rings. The Hall–Kier alpha value is -2.49. The van der Waals surface area contributed by atoms with Crippen molar-refractivity contribution in [3.63, 3.8) is 0 Å². The molecule has 0 aromatic heterocycles. The number of phosphoric acid groups is 1. The van der Waals surface area contributed by atoms with Gasteiger partial charge in [0.25, 0.3) is 0 Å². The van der Waals surface area contributed by atoms with Gasteiger partial charge in [-0.15, -0.1) is 0 Å². The summed E-state index contributed by atoms with van der Waals surface area (Å²) in [6.07, 6.45) is 24.3. The Balaban J connectivity index is 2.53. The number of aliphatic hydroxyl groups excluding tert-OH is 6. The Morgan fingerprint density at radius 1 is 0.617 bits per heavy atom. The highest BCUT2D eigenvalue weighted by Gasteiger charge is 2.51. The van der Waals surface area contributed by atoms with Gasteiger partial charge in [-0.3, -0.25) is 18.6 Å². The SMILES string of the molecule is CC/C=C/C/C=C/C=C/C(O)CCCCCCCC(=O)OC[C@H](COP(=O)(O)OC1[C@H](O)[C@H](O)C(O)[C@H](O)[C@H]1O)OC(=O)CCCCCCC/C=C\C/C=C\CCCCC. The molecule has 1 aliphatic carbocycles. The largest absolute Gasteiger partial charge is 0.472 e. The van der Waals surface area contributed by atoms with Gasteiger partial charge in [0.15, 0.2) is 6.10 Å². The number of phosphoric ester groups is 1. The highest BCUT2D eigenvalue weighted by atomic mass is 31.2. The topological polar surface area (TPSA) is 230 Å². The predicted molar refractivity (Wildman–Crippen MR) is 232 cm³/mol. The van der Waals surface area contributed by atoms with Gasteiger partial charge in [0.2, 0.25) is 0 Å². The number of allylic oxidation sites excluding steroid dienone is 9. The zero-order chi connectivity index (χ0) is 44.4. The molecule has 0 radical (unpaired) electrons. The van der Waals surface area contributed by atoms with Crippen LogP contribution in [0.15, 0.2) is 60.8 Å². The van der Waals surface area contributed by atoms with E-state index in [0.717, 1.165) is 83.5 Å². The molecule has 0 aromatic rings. The van der Waals surface area contributed by atoms with Crippen molar-refractivity contribution >= 4 is 19.8 Å². The van der Waals surface area contributed by atoms with Crippen LogP contribution in [0.5, 0.6) is 0 Å². The number of aliphatic hydroxyl groups is 6. The van der Waals surface area contributed by atoms with E-state index in [1.807, 2.05) is 18.2 Å². The van der Waals surface area contributed by atoms with Crippen LogP contribution in [0.3, 0.4) is 0 Å². The average molecular weight is 873 g/mol. The third kappa shape index (κ3) is 27.5. The standard InChI is InChI=1S/C45H77O14P/c1-3-5-7-9-11-12-13-14-15-16-17-18-20-24-29-33-39(48)58-37(35-57-60(54,55)59-45-43(52)41(50)40(49)42(51)44(45)53)34-56-38(47)32-28-25-21-23-27-31-36(46)30-26-22-19-10-8-6-4-2/h6,8,11-12,14-15,19,22,26,30,36-37,40-46,49-53H,3-5,7,9-10,13,16-18,20-21,23-25,27-29,31-35H2,1-2H3,(H,54,55)/b8-6+,12-11-,15-14-,22-19+,30-26+/t36?,37-,40?,41-,42+,43-,44-,45?/m1/s1. The third-order valence-corrected chi connectivity index (χ3v) is 10.9. The molecule has 0 aromatic carbocycles. The molecule has 1 aliphatic rings. The molecule has 0 amide bonds. The summed E-state index contributed by atoms with van der Waals surface area (Å²) in [5.74, 6) is -1.20. The van der Waals surface area contributed by atoms with E-state index in [2.05, 4.69) is 50.3 Å². The summed E-state index contributed by atoms with van der Waals surface area (Å²) in [5, 5.41) is 60.2. The molecule has 1 saturated carbocycles. The van der Waals surface area contributed by atoms with Gasteiger partial charge in [-0.2, -0.15) is 0 Å². The minimum absolute atomic E-state index is 0.0576. The van der Waals surface area contributed by atoms with E-state index in [-0.39, 0.29) is 12.8 Å². The first kappa shape index (κ1) is 55.5. The number of carbonyl (C=O) groups is 2. The van der Waals surface area contributed by atoms with E-state index in [4.69, 9.17) is 18.5 Å². The van der Waals surface area contributed by atoms with Crippen molar-refractivity contribution in [1.29, 1.82) is 0 Å². The van der Waals surface area contributed by atoms with Gasteiger partial charge in [-0.25, -0.2) is 4.57 Å². The number of unbranched alkanes of at least 4 members (excludes halogenated alkanes) is 12. The zero-order valence-corrected chi connectivity index (χ0v) is 37.0. The second-order valence-electron chi connectivity index (χ2n) is 15.4. The van der Waals surface area contributed by atoms with Crippen molar-refractivity contribution in [2.24, 2.45) is 0 Å². The summed E-state index contributed by atoms with van der Waals surface area (Å²) in [5.41, 5.74) is 0. The molecule has 0 saturated heterocycles. The van der Waals surface area contributed by atoms with Gasteiger partial charge in [0, 0.05) is 12.8 Å². The van der Waals surface area contributed by atoms with Crippen LogP contribution in [0.25, 0.3) is 0 Å². The number of hydrogen-bond acceptors (Lipinski definition) is 13. The van der Waals surface area contributed by atoms with Gasteiger partial charge < -0.3 is 45.0 Å². The highest BCUT2D eigenvalue weighted by Crippen LogP contribution is 2.47. The third-order valence-electron chi connectivity index (χ3n) is 9.95. The molecule has 60 heavy (non-hydrogen) atoms. The van der Waals surface area contributed by atoms with Gasteiger partial charge in [-0.1, -0.05) is 132 Å². The van der Waals surface area contributed by atoms with E-state index in [1.54, 1.807) is 6.08 Å². The molecule has 1 rings (SSSR count). The quantitative estimate of drug-likeness (QED) is 0.0110. The second kappa shape index (κ2) is 35.0. The van der Waals surface area contributed by atoms with Crippen molar-refractivity contribution in [2.45, 2.75) is 198 Å². The van der Waals surface area contributed by atoms with E-state index < -0.39 is 81.8 Å². The number of ether oxygens (including phenoxy) is 2. The van der Waals surface area contributed by atoms with Crippen LogP contribution in [0.1, 0.15) is 149 Å². The molecular formula is C45H77O14P. The molecule has 0 heterocycles. The minimum atomic E-state index is -5.15. The Morgan fingerprint density at radius 3 is 1.78 bits per heavy atom. The lowest BCUT2D eigenvalue weighted by atomic mass is 9.85. The smallest absolute Gasteiger partial charge is 0.462 e. The maximum Gasteiger partial charge on any atom is 0.472 e. The molecule has 0 bridgehead atoms. The van der Waals surface area contributed by atoms with Crippen molar-refractivity contribution in [3.8, 4) is 0 Å². The number of esters is 2. The molecule has 7 N–H and O–H groups in total. The molecule has 346 valence electrons. The summed E-state index contributed by atoms with van der Waals surface area (Å²) in [6, 6.07) is 0. The fraction of sp³-hybridized carbons (Fsp3) is 0.733. The molecule has 14 nitrogen and oxygen atoms in total. The first-order valence-electron chi connectivity index (χ1n) is 22.2. The van der Waals surface area contributed by atoms with Crippen LogP contribution in [0.2, 0.25) is 0 Å². The minimum Gasteiger partial charge on any atom is -0.462 e. The maximum atomic E-state index is 12.8. The summed E-state index contributed by atoms with van der Waals surface area (Å²) in [6.45, 7) is 3.03. The summed E-state index contributed by atoms with van der Waals surface area (Å²) < 4.78 is 33.4. The van der Waals surface area contributed by atoms with Gasteiger partial charge >= 0.3 is 19.8 Å². The Kier molecular flexibility index (Phi) is 32.4. The van der Waals surface area contributed by atoms with Crippen molar-refractivity contribution in [3.05, 3.63) is 60.8 Å². The zero-order valence-electron chi connectivity index (χ0n) is 36.1. The maximum absolute atomic E-state index is 12.8. The molecule has 9 atom stereocenters. The van der Waals surface area contributed by atoms with Crippen LogP contribution >= 0.6 is 7.82 Å². The van der Waals surface area contributed by atoms with Gasteiger partial charge in [0.1, 0.15) is 43.2 Å². The molecule has 0 spiro atoms.